The number of fused-ring (bicyclic) bond motifs is 3. The summed E-state index contributed by atoms with van der Waals surface area (Å²) in [6.45, 7) is 1.91. The van der Waals surface area contributed by atoms with Crippen LogP contribution >= 0.6 is 0 Å². The van der Waals surface area contributed by atoms with Crippen molar-refractivity contribution >= 4 is 29.1 Å². The number of carbonyl (C=O) groups is 4. The van der Waals surface area contributed by atoms with E-state index >= 15 is 0 Å². The molecule has 2 aliphatic heterocycles. The van der Waals surface area contributed by atoms with Gasteiger partial charge in [0, 0.05) is 11.1 Å². The molecule has 0 radical (unpaired) electrons. The standard InChI is InChI=1S/C27H19NO5/c1-15-11-13-17(14-12-15)28-25(31)20-21(26(28)32)27(33-22(20)16-7-3-2-4-8-16)23(29)18-9-5-6-10-19(18)24(27)30/h2-14,20-22H,1H3/t20-,21+,22+/m0/s1. The van der Waals surface area contributed by atoms with E-state index in [-0.39, 0.29) is 11.1 Å². The number of carbonyl (C=O) groups excluding carboxylic acids is 4. The summed E-state index contributed by atoms with van der Waals surface area (Å²) < 4.78 is 6.25. The van der Waals surface area contributed by atoms with E-state index in [2.05, 4.69) is 0 Å². The average molecular weight is 437 g/mol. The van der Waals surface area contributed by atoms with Gasteiger partial charge >= 0.3 is 0 Å². The van der Waals surface area contributed by atoms with Crippen LogP contribution in [-0.2, 0) is 14.3 Å². The molecule has 1 spiro atoms. The highest BCUT2D eigenvalue weighted by molar-refractivity contribution is 6.37. The molecule has 3 aliphatic rings. The first-order chi connectivity index (χ1) is 15.9. The molecule has 2 amide bonds. The lowest BCUT2D eigenvalue weighted by Crippen LogP contribution is -2.51. The van der Waals surface area contributed by atoms with Gasteiger partial charge in [0.05, 0.1) is 23.6 Å². The number of hydrogen-bond acceptors (Lipinski definition) is 5. The van der Waals surface area contributed by atoms with Gasteiger partial charge in [-0.15, -0.1) is 0 Å². The molecule has 3 aromatic carbocycles. The number of rotatable bonds is 2. The number of anilines is 1. The first-order valence-corrected chi connectivity index (χ1v) is 10.8. The van der Waals surface area contributed by atoms with E-state index in [1.807, 2.05) is 25.1 Å². The van der Waals surface area contributed by atoms with E-state index in [1.165, 1.54) is 0 Å². The minimum Gasteiger partial charge on any atom is -0.349 e. The average Bonchev–Trinajstić information content (AvgIpc) is 3.41. The molecule has 0 N–H and O–H groups in total. The fourth-order valence-electron chi connectivity index (χ4n) is 5.41. The molecule has 3 aromatic rings. The van der Waals surface area contributed by atoms with Crippen LogP contribution < -0.4 is 4.90 Å². The highest BCUT2D eigenvalue weighted by Gasteiger charge is 2.74. The van der Waals surface area contributed by atoms with Crippen molar-refractivity contribution in [1.29, 1.82) is 0 Å². The van der Waals surface area contributed by atoms with E-state index < -0.39 is 46.9 Å². The van der Waals surface area contributed by atoms with Crippen molar-refractivity contribution < 1.29 is 23.9 Å². The van der Waals surface area contributed by atoms with Crippen LogP contribution in [0, 0.1) is 18.8 Å². The van der Waals surface area contributed by atoms with Crippen LogP contribution in [0.2, 0.25) is 0 Å². The summed E-state index contributed by atoms with van der Waals surface area (Å²) in [4.78, 5) is 55.9. The highest BCUT2D eigenvalue weighted by Crippen LogP contribution is 2.57. The number of hydrogen-bond donors (Lipinski definition) is 0. The minimum atomic E-state index is -2.04. The monoisotopic (exact) mass is 437 g/mol. The number of benzene rings is 3. The van der Waals surface area contributed by atoms with Crippen LogP contribution in [0.4, 0.5) is 5.69 Å². The zero-order valence-corrected chi connectivity index (χ0v) is 17.7. The molecule has 162 valence electrons. The Bertz CT molecular complexity index is 1310. The summed E-state index contributed by atoms with van der Waals surface area (Å²) >= 11 is 0. The lowest BCUT2D eigenvalue weighted by molar-refractivity contribution is -0.127. The Morgan fingerprint density at radius 2 is 1.30 bits per heavy atom. The Kier molecular flexibility index (Phi) is 4.07. The van der Waals surface area contributed by atoms with E-state index in [0.29, 0.717) is 11.3 Å². The summed E-state index contributed by atoms with van der Waals surface area (Å²) in [5.41, 5.74) is 0.459. The van der Waals surface area contributed by atoms with Gasteiger partial charge in [0.1, 0.15) is 0 Å². The van der Waals surface area contributed by atoms with Gasteiger partial charge in [-0.1, -0.05) is 72.3 Å². The number of imide groups is 1. The van der Waals surface area contributed by atoms with E-state index in [9.17, 15) is 19.2 Å². The SMILES string of the molecule is Cc1ccc(N2C(=O)[C@@H]3[C@@H](c4ccccc4)OC4(C(=O)c5ccccc5C4=O)[C@H]3C2=O)cc1. The maximum absolute atomic E-state index is 13.8. The van der Waals surface area contributed by atoms with Crippen molar-refractivity contribution in [3.63, 3.8) is 0 Å². The Hall–Kier alpha value is -3.90. The summed E-state index contributed by atoms with van der Waals surface area (Å²) in [6, 6.07) is 22.5. The first-order valence-electron chi connectivity index (χ1n) is 10.8. The molecule has 1 aliphatic carbocycles. The third kappa shape index (κ3) is 2.47. The van der Waals surface area contributed by atoms with Crippen molar-refractivity contribution in [3.8, 4) is 0 Å². The van der Waals surface area contributed by atoms with Crippen molar-refractivity contribution in [2.75, 3.05) is 4.90 Å². The molecular formula is C27H19NO5. The molecule has 33 heavy (non-hydrogen) atoms. The fourth-order valence-corrected chi connectivity index (χ4v) is 5.41. The number of aryl methyl sites for hydroxylation is 1. The van der Waals surface area contributed by atoms with Crippen molar-refractivity contribution in [2.45, 2.75) is 18.6 Å². The molecule has 2 saturated heterocycles. The zero-order chi connectivity index (χ0) is 22.9. The van der Waals surface area contributed by atoms with Crippen LogP contribution in [0.15, 0.2) is 78.9 Å². The van der Waals surface area contributed by atoms with E-state index in [1.54, 1.807) is 60.7 Å². The predicted octanol–water partition coefficient (Wildman–Crippen LogP) is 3.69. The topological polar surface area (TPSA) is 80.8 Å². The number of ketones is 2. The summed E-state index contributed by atoms with van der Waals surface area (Å²) in [5.74, 6) is -4.36. The fraction of sp³-hybridized carbons (Fsp3) is 0.185. The van der Waals surface area contributed by atoms with Gasteiger partial charge in [-0.3, -0.25) is 19.2 Å². The molecule has 0 bridgehead atoms. The van der Waals surface area contributed by atoms with Crippen molar-refractivity contribution in [2.24, 2.45) is 11.8 Å². The van der Waals surface area contributed by atoms with Crippen molar-refractivity contribution in [1.82, 2.24) is 0 Å². The first kappa shape index (κ1) is 19.8. The van der Waals surface area contributed by atoms with E-state index in [4.69, 9.17) is 4.74 Å². The quantitative estimate of drug-likeness (QED) is 0.451. The molecule has 0 unspecified atom stereocenters. The van der Waals surface area contributed by atoms with Crippen LogP contribution in [0.1, 0.15) is 37.9 Å². The van der Waals surface area contributed by atoms with Crippen LogP contribution in [-0.4, -0.2) is 29.0 Å². The molecule has 0 aromatic heterocycles. The minimum absolute atomic E-state index is 0.226. The van der Waals surface area contributed by atoms with Gasteiger partial charge < -0.3 is 4.74 Å². The second-order valence-corrected chi connectivity index (χ2v) is 8.74. The van der Waals surface area contributed by atoms with Gasteiger partial charge in [0.15, 0.2) is 0 Å². The highest BCUT2D eigenvalue weighted by atomic mass is 16.5. The van der Waals surface area contributed by atoms with Gasteiger partial charge in [-0.05, 0) is 24.6 Å². The number of ether oxygens (including phenoxy) is 1. The van der Waals surface area contributed by atoms with E-state index in [0.717, 1.165) is 10.5 Å². The van der Waals surface area contributed by atoms with Crippen molar-refractivity contribution in [3.05, 3.63) is 101 Å². The Labute approximate surface area is 189 Å². The third-order valence-electron chi connectivity index (χ3n) is 6.94. The second-order valence-electron chi connectivity index (χ2n) is 8.74. The smallest absolute Gasteiger partial charge is 0.241 e. The normalized spacial score (nSPS) is 25.1. The van der Waals surface area contributed by atoms with Gasteiger partial charge in [0.25, 0.3) is 0 Å². The second kappa shape index (κ2) is 6.80. The molecule has 6 heteroatoms. The van der Waals surface area contributed by atoms with Gasteiger partial charge in [-0.2, -0.15) is 0 Å². The summed E-state index contributed by atoms with van der Waals surface area (Å²) in [6.07, 6.45) is -0.898. The summed E-state index contributed by atoms with van der Waals surface area (Å²) in [5, 5.41) is 0. The van der Waals surface area contributed by atoms with Gasteiger partial charge in [0.2, 0.25) is 29.0 Å². The molecular weight excluding hydrogens is 418 g/mol. The zero-order valence-electron chi connectivity index (χ0n) is 17.7. The molecule has 3 atom stereocenters. The molecule has 0 saturated carbocycles. The Morgan fingerprint density at radius 3 is 1.91 bits per heavy atom. The number of amides is 2. The van der Waals surface area contributed by atoms with Gasteiger partial charge in [-0.25, -0.2) is 4.90 Å². The maximum atomic E-state index is 13.8. The maximum Gasteiger partial charge on any atom is 0.241 e. The lowest BCUT2D eigenvalue weighted by atomic mass is 9.77. The molecule has 6 rings (SSSR count). The van der Waals surface area contributed by atoms with Crippen LogP contribution in [0.3, 0.4) is 0 Å². The molecule has 2 heterocycles. The number of nitrogens with zero attached hydrogens (tertiary/aromatic N) is 1. The van der Waals surface area contributed by atoms with Crippen LogP contribution in [0.5, 0.6) is 0 Å². The molecule has 2 fully saturated rings. The Balaban J connectivity index is 1.55. The molecule has 6 nitrogen and oxygen atoms in total. The Morgan fingerprint density at radius 1 is 0.727 bits per heavy atom. The third-order valence-corrected chi connectivity index (χ3v) is 6.94. The summed E-state index contributed by atoms with van der Waals surface area (Å²) in [7, 11) is 0. The van der Waals surface area contributed by atoms with Crippen LogP contribution in [0.25, 0.3) is 0 Å². The lowest BCUT2D eigenvalue weighted by Gasteiger charge is -2.27. The predicted molar refractivity (Wildman–Crippen MR) is 119 cm³/mol. The number of Topliss-reactive ketones (excluding diaryl/α,β-unsaturated/α-hetero) is 2. The largest absolute Gasteiger partial charge is 0.349 e.